The number of halogens is 1. The van der Waals surface area contributed by atoms with Gasteiger partial charge < -0.3 is 4.74 Å². The molecule has 0 saturated carbocycles. The molecular weight excluding hydrogens is 389 g/mol. The lowest BCUT2D eigenvalue weighted by atomic mass is 10.1. The predicted octanol–water partition coefficient (Wildman–Crippen LogP) is 5.36. The third-order valence-electron chi connectivity index (χ3n) is 4.77. The molecule has 2 heterocycles. The fraction of sp³-hybridized carbons (Fsp3) is 0.273. The van der Waals surface area contributed by atoms with E-state index in [2.05, 4.69) is 10.1 Å². The maximum atomic E-state index is 13.0. The van der Waals surface area contributed by atoms with E-state index in [1.807, 2.05) is 49.7 Å². The summed E-state index contributed by atoms with van der Waals surface area (Å²) >= 11 is 1.58. The molecule has 1 N–H and O–H groups in total. The average molecular weight is 412 g/mol. The van der Waals surface area contributed by atoms with Crippen molar-refractivity contribution in [3.05, 3.63) is 81.4 Å². The Kier molecular flexibility index (Phi) is 5.32. The number of nitrogens with zero attached hydrogens (tertiary/aromatic N) is 2. The Morgan fingerprint density at radius 3 is 2.52 bits per heavy atom. The van der Waals surface area contributed by atoms with E-state index in [1.54, 1.807) is 23.9 Å². The number of hydrogen-bond donors (Lipinski definition) is 1. The van der Waals surface area contributed by atoms with Crippen molar-refractivity contribution in [2.24, 2.45) is 4.99 Å². The van der Waals surface area contributed by atoms with Crippen molar-refractivity contribution in [2.75, 3.05) is 0 Å². The Labute approximate surface area is 172 Å². The Bertz CT molecular complexity index is 1100. The molecule has 2 aromatic carbocycles. The molecule has 0 bridgehead atoms. The highest BCUT2D eigenvalue weighted by molar-refractivity contribution is 8.14. The summed E-state index contributed by atoms with van der Waals surface area (Å²) in [5, 5.41) is 3.73. The number of benzene rings is 2. The molecule has 1 aliphatic rings. The Morgan fingerprint density at radius 2 is 1.86 bits per heavy atom. The van der Waals surface area contributed by atoms with Crippen LogP contribution >= 0.6 is 11.8 Å². The van der Waals surface area contributed by atoms with Crippen LogP contribution in [0.4, 0.5) is 10.2 Å². The summed E-state index contributed by atoms with van der Waals surface area (Å²) in [7, 11) is 0. The molecular formula is C22H22FN3O2S. The molecule has 150 valence electrons. The van der Waals surface area contributed by atoms with Gasteiger partial charge in [0, 0.05) is 6.04 Å². The van der Waals surface area contributed by atoms with Crippen LogP contribution in [0.1, 0.15) is 48.8 Å². The maximum absolute atomic E-state index is 13.0. The van der Waals surface area contributed by atoms with Crippen LogP contribution < -0.4 is 10.3 Å². The van der Waals surface area contributed by atoms with Crippen LogP contribution in [0.5, 0.6) is 5.75 Å². The van der Waals surface area contributed by atoms with E-state index in [0.717, 1.165) is 21.9 Å². The van der Waals surface area contributed by atoms with Crippen LogP contribution in [-0.4, -0.2) is 14.8 Å². The van der Waals surface area contributed by atoms with Crippen LogP contribution in [-0.2, 0) is 6.61 Å². The van der Waals surface area contributed by atoms with Crippen molar-refractivity contribution in [1.29, 1.82) is 0 Å². The van der Waals surface area contributed by atoms with Gasteiger partial charge in [0.25, 0.3) is 5.56 Å². The second-order valence-electron chi connectivity index (χ2n) is 7.25. The smallest absolute Gasteiger partial charge is 0.271 e. The van der Waals surface area contributed by atoms with Gasteiger partial charge in [-0.2, -0.15) is 0 Å². The van der Waals surface area contributed by atoms with Gasteiger partial charge in [0.2, 0.25) is 0 Å². The number of H-pyrrole nitrogens is 1. The highest BCUT2D eigenvalue weighted by Crippen LogP contribution is 2.44. The Balaban J connectivity index is 1.56. The molecule has 7 heteroatoms. The molecule has 1 aliphatic heterocycles. The molecule has 1 aromatic heterocycles. The Hall–Kier alpha value is -2.80. The summed E-state index contributed by atoms with van der Waals surface area (Å²) in [5.74, 6) is 1.17. The molecule has 0 aliphatic carbocycles. The van der Waals surface area contributed by atoms with E-state index in [4.69, 9.17) is 4.74 Å². The number of aromatic amines is 1. The van der Waals surface area contributed by atoms with Gasteiger partial charge in [-0.3, -0.25) is 14.6 Å². The SMILES string of the molecule is CC1=Nc2c(c(=O)[nH]n2C(C)C)C(c2ccc(OCc3ccc(F)cc3)cc2)S1. The highest BCUT2D eigenvalue weighted by atomic mass is 32.2. The molecule has 0 spiro atoms. The zero-order valence-electron chi connectivity index (χ0n) is 16.5. The minimum atomic E-state index is -0.262. The fourth-order valence-corrected chi connectivity index (χ4v) is 4.41. The van der Waals surface area contributed by atoms with E-state index < -0.39 is 0 Å². The quantitative estimate of drug-likeness (QED) is 0.615. The third kappa shape index (κ3) is 4.00. The van der Waals surface area contributed by atoms with E-state index in [-0.39, 0.29) is 22.7 Å². The lowest BCUT2D eigenvalue weighted by Crippen LogP contribution is -2.13. The van der Waals surface area contributed by atoms with Gasteiger partial charge in [-0.05, 0) is 56.2 Å². The van der Waals surface area contributed by atoms with Gasteiger partial charge in [-0.15, -0.1) is 0 Å². The minimum absolute atomic E-state index is 0.0981. The van der Waals surface area contributed by atoms with Crippen molar-refractivity contribution in [2.45, 2.75) is 38.7 Å². The molecule has 5 nitrogen and oxygen atoms in total. The zero-order chi connectivity index (χ0) is 20.5. The number of nitrogens with one attached hydrogen (secondary N) is 1. The number of ether oxygens (including phenoxy) is 1. The second kappa shape index (κ2) is 7.91. The van der Waals surface area contributed by atoms with Crippen molar-refractivity contribution in [1.82, 2.24) is 9.78 Å². The van der Waals surface area contributed by atoms with Crippen molar-refractivity contribution < 1.29 is 9.13 Å². The summed E-state index contributed by atoms with van der Waals surface area (Å²) in [6.07, 6.45) is 0. The second-order valence-corrected chi connectivity index (χ2v) is 8.55. The molecule has 0 amide bonds. The number of fused-ring (bicyclic) bond motifs is 1. The maximum Gasteiger partial charge on any atom is 0.271 e. The van der Waals surface area contributed by atoms with Gasteiger partial charge in [0.05, 0.1) is 15.9 Å². The van der Waals surface area contributed by atoms with Crippen LogP contribution in [0.25, 0.3) is 0 Å². The number of rotatable bonds is 5. The van der Waals surface area contributed by atoms with E-state index >= 15 is 0 Å². The fourth-order valence-electron chi connectivity index (χ4n) is 3.30. The number of aromatic nitrogens is 2. The van der Waals surface area contributed by atoms with Crippen LogP contribution in [0.2, 0.25) is 0 Å². The first-order valence-corrected chi connectivity index (χ1v) is 10.3. The van der Waals surface area contributed by atoms with Gasteiger partial charge in [-0.25, -0.2) is 9.38 Å². The zero-order valence-corrected chi connectivity index (χ0v) is 17.3. The molecule has 29 heavy (non-hydrogen) atoms. The molecule has 0 radical (unpaired) electrons. The van der Waals surface area contributed by atoms with Crippen LogP contribution in [0, 0.1) is 5.82 Å². The number of thioether (sulfide) groups is 1. The first kappa shape index (κ1) is 19.5. The summed E-state index contributed by atoms with van der Waals surface area (Å²) in [5.41, 5.74) is 2.51. The summed E-state index contributed by atoms with van der Waals surface area (Å²) in [6.45, 7) is 6.36. The molecule has 4 rings (SSSR count). The first-order valence-electron chi connectivity index (χ1n) is 9.46. The van der Waals surface area contributed by atoms with Crippen molar-refractivity contribution in [3.63, 3.8) is 0 Å². The number of hydrogen-bond acceptors (Lipinski definition) is 4. The molecule has 1 unspecified atom stereocenters. The van der Waals surface area contributed by atoms with Crippen molar-refractivity contribution >= 4 is 22.6 Å². The highest BCUT2D eigenvalue weighted by Gasteiger charge is 2.30. The third-order valence-corrected chi connectivity index (χ3v) is 5.94. The van der Waals surface area contributed by atoms with Crippen molar-refractivity contribution in [3.8, 4) is 5.75 Å². The standard InChI is InChI=1S/C22H22FN3O2S/c1-13(2)26-21-19(22(27)25-26)20(29-14(3)24-21)16-6-10-18(11-7-16)28-12-15-4-8-17(23)9-5-15/h4-11,13,20H,12H2,1-3H3,(H,25,27). The topological polar surface area (TPSA) is 59.4 Å². The first-order chi connectivity index (χ1) is 13.9. The molecule has 3 aromatic rings. The normalized spacial score (nSPS) is 15.9. The van der Waals surface area contributed by atoms with Gasteiger partial charge in [-0.1, -0.05) is 36.0 Å². The van der Waals surface area contributed by atoms with Crippen LogP contribution in [0.15, 0.2) is 58.3 Å². The lowest BCUT2D eigenvalue weighted by molar-refractivity contribution is 0.306. The lowest BCUT2D eigenvalue weighted by Gasteiger charge is -2.21. The van der Waals surface area contributed by atoms with Crippen LogP contribution in [0.3, 0.4) is 0 Å². The van der Waals surface area contributed by atoms with E-state index in [1.165, 1.54) is 12.1 Å². The van der Waals surface area contributed by atoms with E-state index in [0.29, 0.717) is 18.0 Å². The monoisotopic (exact) mass is 411 g/mol. The molecule has 0 saturated heterocycles. The number of aliphatic imine (C=N–C) groups is 1. The largest absolute Gasteiger partial charge is 0.489 e. The summed E-state index contributed by atoms with van der Waals surface area (Å²) in [6, 6.07) is 14.1. The Morgan fingerprint density at radius 1 is 1.17 bits per heavy atom. The minimum Gasteiger partial charge on any atom is -0.489 e. The van der Waals surface area contributed by atoms with Gasteiger partial charge in [0.1, 0.15) is 18.2 Å². The van der Waals surface area contributed by atoms with E-state index in [9.17, 15) is 9.18 Å². The molecule has 1 atom stereocenters. The average Bonchev–Trinajstić information content (AvgIpc) is 3.04. The van der Waals surface area contributed by atoms with Gasteiger partial charge in [0.15, 0.2) is 5.82 Å². The van der Waals surface area contributed by atoms with Gasteiger partial charge >= 0.3 is 0 Å². The molecule has 0 fully saturated rings. The summed E-state index contributed by atoms with van der Waals surface area (Å²) in [4.78, 5) is 17.2. The predicted molar refractivity (Wildman–Crippen MR) is 115 cm³/mol. The summed E-state index contributed by atoms with van der Waals surface area (Å²) < 4.78 is 20.6.